The van der Waals surface area contributed by atoms with Crippen molar-refractivity contribution in [1.29, 1.82) is 0 Å². The van der Waals surface area contributed by atoms with Crippen molar-refractivity contribution in [3.8, 4) is 11.1 Å². The highest BCUT2D eigenvalue weighted by Gasteiger charge is 2.52. The van der Waals surface area contributed by atoms with Crippen LogP contribution >= 0.6 is 11.3 Å². The molecule has 4 aliphatic rings. The predicted octanol–water partition coefficient (Wildman–Crippen LogP) is 13.1. The molecule has 1 aromatic heterocycles. The maximum atomic E-state index is 2.76. The van der Waals surface area contributed by atoms with E-state index in [1.165, 1.54) is 41.3 Å². The lowest BCUT2D eigenvalue weighted by atomic mass is 9.62. The van der Waals surface area contributed by atoms with Gasteiger partial charge in [-0.05, 0) is 123 Å². The summed E-state index contributed by atoms with van der Waals surface area (Å²) >= 11 is 2.09. The summed E-state index contributed by atoms with van der Waals surface area (Å²) in [4.78, 5) is 1.65. The van der Waals surface area contributed by atoms with E-state index in [-0.39, 0.29) is 21.7 Å². The molecule has 8 rings (SSSR count). The molecule has 0 nitrogen and oxygen atoms in total. The van der Waals surface area contributed by atoms with Gasteiger partial charge in [-0.25, -0.2) is 0 Å². The van der Waals surface area contributed by atoms with Gasteiger partial charge in [0.15, 0.2) is 0 Å². The van der Waals surface area contributed by atoms with Crippen LogP contribution in [0.5, 0.6) is 0 Å². The summed E-state index contributed by atoms with van der Waals surface area (Å²) in [5.74, 6) is 0. The largest absolute Gasteiger partial charge is 0.139 e. The standard InChI is InChI=1S/C44H54SSi/c1-25-26(2)39(38-37(25)27-15-13-14-16-36(27)45-38)46(11,12)40-30-23-34-32(41(3,4)17-19-43(34,7)8)21-28(30)29-22-33-35(24-31(29)40)44(9,10)20-18-42(33,5)6/h13-16,21-24,39-40H,17-20H2,1-12H3. The van der Waals surface area contributed by atoms with Crippen molar-refractivity contribution in [2.75, 3.05) is 0 Å². The monoisotopic (exact) mass is 642 g/mol. The maximum absolute atomic E-state index is 2.76. The molecule has 0 bridgehead atoms. The van der Waals surface area contributed by atoms with Gasteiger partial charge in [-0.1, -0.05) is 117 Å². The first-order valence-electron chi connectivity index (χ1n) is 17.9. The molecule has 46 heavy (non-hydrogen) atoms. The molecular formula is C44H54SSi. The van der Waals surface area contributed by atoms with E-state index in [1.807, 2.05) is 0 Å². The summed E-state index contributed by atoms with van der Waals surface area (Å²) in [6.45, 7) is 30.4. The molecular weight excluding hydrogens is 589 g/mol. The normalized spacial score (nSPS) is 23.6. The van der Waals surface area contributed by atoms with E-state index in [9.17, 15) is 0 Å². The first-order chi connectivity index (χ1) is 21.4. The van der Waals surface area contributed by atoms with E-state index in [1.54, 1.807) is 60.5 Å². The highest BCUT2D eigenvalue weighted by molar-refractivity contribution is 7.20. The number of fused-ring (bicyclic) bond motifs is 8. The number of allylic oxidation sites excluding steroid dienone is 2. The second kappa shape index (κ2) is 9.38. The van der Waals surface area contributed by atoms with Gasteiger partial charge in [-0.3, -0.25) is 0 Å². The first kappa shape index (κ1) is 30.9. The second-order valence-electron chi connectivity index (χ2n) is 18.8. The van der Waals surface area contributed by atoms with Crippen LogP contribution in [0.4, 0.5) is 0 Å². The molecule has 0 radical (unpaired) electrons. The fourth-order valence-electron chi connectivity index (χ4n) is 10.5. The summed E-state index contributed by atoms with van der Waals surface area (Å²) in [6, 6.07) is 20.1. The van der Waals surface area contributed by atoms with Gasteiger partial charge in [-0.2, -0.15) is 0 Å². The van der Waals surface area contributed by atoms with Crippen molar-refractivity contribution in [2.45, 2.75) is 141 Å². The van der Waals surface area contributed by atoms with E-state index < -0.39 is 8.07 Å². The van der Waals surface area contributed by atoms with Gasteiger partial charge in [0, 0.05) is 26.0 Å². The fourth-order valence-corrected chi connectivity index (χ4v) is 17.5. The fraction of sp³-hybridized carbons (Fsp3) is 0.500. The SMILES string of the molecule is CC1=C(C)C([Si](C)(C)C2c3cc4c(cc3-c3cc5c(cc32)C(C)(C)CCC5(C)C)C(C)(C)CCC4(C)C)c2sc3ccccc3c21. The Morgan fingerprint density at radius 2 is 1.04 bits per heavy atom. The zero-order valence-corrected chi connectivity index (χ0v) is 32.3. The van der Waals surface area contributed by atoms with Gasteiger partial charge in [0.05, 0.1) is 8.07 Å². The van der Waals surface area contributed by atoms with Gasteiger partial charge < -0.3 is 0 Å². The van der Waals surface area contributed by atoms with Crippen LogP contribution in [0, 0.1) is 0 Å². The number of rotatable bonds is 2. The molecule has 0 N–H and O–H groups in total. The molecule has 240 valence electrons. The van der Waals surface area contributed by atoms with E-state index in [2.05, 4.69) is 142 Å². The lowest BCUT2D eigenvalue weighted by molar-refractivity contribution is 0.331. The van der Waals surface area contributed by atoms with Crippen LogP contribution in [0.15, 0.2) is 54.1 Å². The van der Waals surface area contributed by atoms with E-state index in [0.717, 1.165) is 0 Å². The van der Waals surface area contributed by atoms with E-state index >= 15 is 0 Å². The Hall–Kier alpha value is -2.42. The van der Waals surface area contributed by atoms with Crippen molar-refractivity contribution >= 4 is 35.1 Å². The zero-order valence-electron chi connectivity index (χ0n) is 30.5. The molecule has 0 fully saturated rings. The molecule has 0 spiro atoms. The highest BCUT2D eigenvalue weighted by Crippen LogP contribution is 2.62. The Balaban J connectivity index is 1.43. The van der Waals surface area contributed by atoms with Gasteiger partial charge in [0.1, 0.15) is 0 Å². The van der Waals surface area contributed by atoms with E-state index in [0.29, 0.717) is 11.1 Å². The Kier molecular flexibility index (Phi) is 6.30. The Morgan fingerprint density at radius 1 is 0.609 bits per heavy atom. The molecule has 1 heterocycles. The van der Waals surface area contributed by atoms with Crippen molar-refractivity contribution < 1.29 is 0 Å². The second-order valence-corrected chi connectivity index (χ2v) is 24.7. The smallest absolute Gasteiger partial charge is 0.0737 e. The van der Waals surface area contributed by atoms with Crippen LogP contribution in [-0.2, 0) is 21.7 Å². The Morgan fingerprint density at radius 3 is 1.52 bits per heavy atom. The molecule has 0 aliphatic heterocycles. The quantitative estimate of drug-likeness (QED) is 0.191. The Labute approximate surface area is 283 Å². The number of benzene rings is 3. The minimum absolute atomic E-state index is 0.201. The third kappa shape index (κ3) is 4.01. The number of hydrogen-bond donors (Lipinski definition) is 0. The lowest BCUT2D eigenvalue weighted by Gasteiger charge is -2.44. The summed E-state index contributed by atoms with van der Waals surface area (Å²) < 4.78 is 1.46. The molecule has 3 aromatic carbocycles. The topological polar surface area (TPSA) is 0 Å². The third-order valence-corrected chi connectivity index (χ3v) is 19.5. The van der Waals surface area contributed by atoms with Crippen LogP contribution in [0.1, 0.15) is 150 Å². The summed E-state index contributed by atoms with van der Waals surface area (Å²) in [5, 5.41) is 1.47. The summed E-state index contributed by atoms with van der Waals surface area (Å²) in [7, 11) is -2.06. The van der Waals surface area contributed by atoms with Gasteiger partial charge >= 0.3 is 0 Å². The first-order valence-corrected chi connectivity index (χ1v) is 21.9. The Bertz CT molecular complexity index is 1920. The van der Waals surface area contributed by atoms with Gasteiger partial charge in [-0.15, -0.1) is 11.3 Å². The average molecular weight is 643 g/mol. The molecule has 4 aliphatic carbocycles. The zero-order chi connectivity index (χ0) is 32.9. The van der Waals surface area contributed by atoms with Crippen LogP contribution in [0.25, 0.3) is 26.8 Å². The van der Waals surface area contributed by atoms with Gasteiger partial charge in [0.25, 0.3) is 0 Å². The average Bonchev–Trinajstić information content (AvgIpc) is 3.59. The molecule has 4 aromatic rings. The molecule has 2 heteroatoms. The van der Waals surface area contributed by atoms with Crippen LogP contribution in [0.3, 0.4) is 0 Å². The van der Waals surface area contributed by atoms with Crippen molar-refractivity contribution in [3.05, 3.63) is 97.9 Å². The van der Waals surface area contributed by atoms with Crippen molar-refractivity contribution in [3.63, 3.8) is 0 Å². The lowest BCUT2D eigenvalue weighted by Crippen LogP contribution is -2.42. The van der Waals surface area contributed by atoms with Crippen molar-refractivity contribution in [2.24, 2.45) is 0 Å². The predicted molar refractivity (Wildman–Crippen MR) is 205 cm³/mol. The number of thiophene rings is 1. The van der Waals surface area contributed by atoms with Crippen molar-refractivity contribution in [1.82, 2.24) is 0 Å². The van der Waals surface area contributed by atoms with Crippen LogP contribution in [-0.4, -0.2) is 8.07 Å². The maximum Gasteiger partial charge on any atom is 0.0737 e. The van der Waals surface area contributed by atoms with Crippen LogP contribution < -0.4 is 0 Å². The van der Waals surface area contributed by atoms with Crippen LogP contribution in [0.2, 0.25) is 13.1 Å². The van der Waals surface area contributed by atoms with E-state index in [4.69, 9.17) is 0 Å². The molecule has 0 saturated heterocycles. The third-order valence-electron chi connectivity index (χ3n) is 13.7. The molecule has 1 unspecified atom stereocenters. The summed E-state index contributed by atoms with van der Waals surface area (Å²) in [5.41, 5.74) is 19.4. The molecule has 0 saturated carbocycles. The number of hydrogen-bond acceptors (Lipinski definition) is 1. The molecule has 0 amide bonds. The minimum atomic E-state index is -2.06. The minimum Gasteiger partial charge on any atom is -0.139 e. The molecule has 1 atom stereocenters. The van der Waals surface area contributed by atoms with Gasteiger partial charge in [0.2, 0.25) is 0 Å². The summed E-state index contributed by atoms with van der Waals surface area (Å²) in [6.07, 6.45) is 5.03. The highest BCUT2D eigenvalue weighted by atomic mass is 32.1.